The van der Waals surface area contributed by atoms with E-state index in [-0.39, 0.29) is 11.9 Å². The third-order valence-corrected chi connectivity index (χ3v) is 5.46. The number of hydrogen-bond donors (Lipinski definition) is 2. The average Bonchev–Trinajstić information content (AvgIpc) is 3.28. The van der Waals surface area contributed by atoms with Gasteiger partial charge in [-0.1, -0.05) is 23.7 Å². The number of hydrogen-bond acceptors (Lipinski definition) is 5. The van der Waals surface area contributed by atoms with Crippen molar-refractivity contribution >= 4 is 40.5 Å². The Hall–Kier alpha value is -2.64. The van der Waals surface area contributed by atoms with Gasteiger partial charge in [0.25, 0.3) is 5.91 Å². The van der Waals surface area contributed by atoms with Crippen molar-refractivity contribution in [2.75, 3.05) is 10.6 Å². The van der Waals surface area contributed by atoms with Crippen LogP contribution in [-0.2, 0) is 4.79 Å². The van der Waals surface area contributed by atoms with Crippen LogP contribution in [0.25, 0.3) is 0 Å². The van der Waals surface area contributed by atoms with Crippen molar-refractivity contribution < 1.29 is 4.79 Å². The molecule has 1 aliphatic heterocycles. The summed E-state index contributed by atoms with van der Waals surface area (Å²) >= 11 is 7.66. The van der Waals surface area contributed by atoms with Crippen LogP contribution >= 0.6 is 22.9 Å². The number of rotatable bonds is 3. The number of anilines is 2. The molecule has 0 fully saturated rings. The first-order valence-corrected chi connectivity index (χ1v) is 9.28. The van der Waals surface area contributed by atoms with Crippen molar-refractivity contribution in [3.05, 3.63) is 68.8 Å². The van der Waals surface area contributed by atoms with Gasteiger partial charge < -0.3 is 10.6 Å². The first-order valence-electron chi connectivity index (χ1n) is 8.03. The molecule has 26 heavy (non-hydrogen) atoms. The molecule has 0 bridgehead atoms. The Balaban J connectivity index is 1.75. The standard InChI is InChI=1S/C18H16ClN5OS/c1-10-5-6-12(19)8-13(10)23-17(25)15-11(2)22-18-20-9-21-24(18)16(15)14-4-3-7-26-14/h3-9,16H,1-2H3,(H,23,25)(H,20,21,22)/t16-/m0/s1. The highest BCUT2D eigenvalue weighted by molar-refractivity contribution is 7.10. The molecule has 1 aromatic carbocycles. The maximum Gasteiger partial charge on any atom is 0.255 e. The Labute approximate surface area is 159 Å². The third-order valence-electron chi connectivity index (χ3n) is 4.30. The van der Waals surface area contributed by atoms with Crippen molar-refractivity contribution in [3.8, 4) is 0 Å². The molecular weight excluding hydrogens is 370 g/mol. The minimum atomic E-state index is -0.326. The molecule has 1 atom stereocenters. The number of carbonyl (C=O) groups excluding carboxylic acids is 1. The summed E-state index contributed by atoms with van der Waals surface area (Å²) in [5.41, 5.74) is 2.99. The molecule has 0 saturated heterocycles. The van der Waals surface area contributed by atoms with Gasteiger partial charge >= 0.3 is 0 Å². The number of halogens is 1. The number of nitrogens with zero attached hydrogens (tertiary/aromatic N) is 3. The molecule has 4 rings (SSSR count). The van der Waals surface area contributed by atoms with Gasteiger partial charge in [0.15, 0.2) is 0 Å². The van der Waals surface area contributed by atoms with Crippen LogP contribution in [-0.4, -0.2) is 20.7 Å². The third kappa shape index (κ3) is 2.89. The molecule has 0 spiro atoms. The van der Waals surface area contributed by atoms with Crippen LogP contribution in [0, 0.1) is 6.92 Å². The predicted octanol–water partition coefficient (Wildman–Crippen LogP) is 4.23. The van der Waals surface area contributed by atoms with Crippen LogP contribution in [0.1, 0.15) is 23.4 Å². The fourth-order valence-electron chi connectivity index (χ4n) is 3.01. The van der Waals surface area contributed by atoms with Gasteiger partial charge in [0.1, 0.15) is 12.4 Å². The zero-order chi connectivity index (χ0) is 18.3. The molecule has 3 heterocycles. The quantitative estimate of drug-likeness (QED) is 0.707. The Bertz CT molecular complexity index is 1010. The van der Waals surface area contributed by atoms with Crippen molar-refractivity contribution in [3.63, 3.8) is 0 Å². The van der Waals surface area contributed by atoms with Gasteiger partial charge in [0.2, 0.25) is 5.95 Å². The summed E-state index contributed by atoms with van der Waals surface area (Å²) in [6, 6.07) is 9.07. The smallest absolute Gasteiger partial charge is 0.255 e. The second-order valence-corrected chi connectivity index (χ2v) is 7.44. The molecule has 3 aromatic rings. The lowest BCUT2D eigenvalue weighted by Crippen LogP contribution is -2.31. The predicted molar refractivity (Wildman–Crippen MR) is 104 cm³/mol. The number of fused-ring (bicyclic) bond motifs is 1. The van der Waals surface area contributed by atoms with E-state index in [4.69, 9.17) is 11.6 Å². The average molecular weight is 386 g/mol. The van der Waals surface area contributed by atoms with E-state index in [0.717, 1.165) is 16.1 Å². The first-order chi connectivity index (χ1) is 12.5. The largest absolute Gasteiger partial charge is 0.328 e. The molecule has 0 aliphatic carbocycles. The Morgan fingerprint density at radius 2 is 2.19 bits per heavy atom. The van der Waals surface area contributed by atoms with Crippen molar-refractivity contribution in [1.82, 2.24) is 14.8 Å². The highest BCUT2D eigenvalue weighted by atomic mass is 35.5. The van der Waals surface area contributed by atoms with Crippen LogP contribution in [0.15, 0.2) is 53.3 Å². The number of allylic oxidation sites excluding steroid dienone is 1. The summed E-state index contributed by atoms with van der Waals surface area (Å²) in [5.74, 6) is 0.427. The van der Waals surface area contributed by atoms with E-state index in [2.05, 4.69) is 20.7 Å². The second-order valence-electron chi connectivity index (χ2n) is 6.02. The molecule has 1 aliphatic rings. The van der Waals surface area contributed by atoms with Crippen LogP contribution in [0.5, 0.6) is 0 Å². The Kier molecular flexibility index (Phi) is 4.26. The number of carbonyl (C=O) groups is 1. The molecule has 0 radical (unpaired) electrons. The van der Waals surface area contributed by atoms with Gasteiger partial charge in [0.05, 0.1) is 5.57 Å². The maximum absolute atomic E-state index is 13.2. The van der Waals surface area contributed by atoms with E-state index in [9.17, 15) is 4.79 Å². The lowest BCUT2D eigenvalue weighted by molar-refractivity contribution is -0.113. The Morgan fingerprint density at radius 3 is 2.96 bits per heavy atom. The lowest BCUT2D eigenvalue weighted by atomic mass is 10.0. The summed E-state index contributed by atoms with van der Waals surface area (Å²) in [4.78, 5) is 18.4. The minimum Gasteiger partial charge on any atom is -0.328 e. The SMILES string of the molecule is CC1=C(C(=O)Nc2cc(Cl)ccc2C)[C@H](c2cccs2)n2ncnc2N1. The van der Waals surface area contributed by atoms with Crippen LogP contribution in [0.2, 0.25) is 5.02 Å². The Morgan fingerprint density at radius 1 is 1.35 bits per heavy atom. The minimum absolute atomic E-state index is 0.195. The number of aryl methyl sites for hydroxylation is 1. The fraction of sp³-hybridized carbons (Fsp3) is 0.167. The number of amides is 1. The molecule has 0 saturated carbocycles. The topological polar surface area (TPSA) is 71.8 Å². The molecule has 2 N–H and O–H groups in total. The molecule has 1 amide bonds. The van der Waals surface area contributed by atoms with E-state index in [1.165, 1.54) is 6.33 Å². The fourth-order valence-corrected chi connectivity index (χ4v) is 4.00. The van der Waals surface area contributed by atoms with E-state index < -0.39 is 0 Å². The number of nitrogens with one attached hydrogen (secondary N) is 2. The van der Waals surface area contributed by atoms with Crippen molar-refractivity contribution in [2.45, 2.75) is 19.9 Å². The normalized spacial score (nSPS) is 16.2. The summed E-state index contributed by atoms with van der Waals surface area (Å²) in [6.07, 6.45) is 1.48. The van der Waals surface area contributed by atoms with E-state index in [0.29, 0.717) is 22.2 Å². The molecule has 8 heteroatoms. The van der Waals surface area contributed by atoms with Crippen LogP contribution in [0.4, 0.5) is 11.6 Å². The molecule has 6 nitrogen and oxygen atoms in total. The maximum atomic E-state index is 13.2. The highest BCUT2D eigenvalue weighted by Crippen LogP contribution is 2.37. The number of benzene rings is 1. The van der Waals surface area contributed by atoms with Crippen LogP contribution in [0.3, 0.4) is 0 Å². The van der Waals surface area contributed by atoms with E-state index in [1.807, 2.05) is 37.4 Å². The second kappa shape index (κ2) is 6.59. The van der Waals surface area contributed by atoms with Gasteiger partial charge in [-0.05, 0) is 43.0 Å². The van der Waals surface area contributed by atoms with E-state index in [1.54, 1.807) is 28.2 Å². The summed E-state index contributed by atoms with van der Waals surface area (Å²) < 4.78 is 1.73. The monoisotopic (exact) mass is 385 g/mol. The number of aromatic nitrogens is 3. The molecule has 132 valence electrons. The van der Waals surface area contributed by atoms with Gasteiger partial charge in [-0.25, -0.2) is 4.68 Å². The molecule has 2 aromatic heterocycles. The van der Waals surface area contributed by atoms with Gasteiger partial charge in [-0.2, -0.15) is 10.1 Å². The lowest BCUT2D eigenvalue weighted by Gasteiger charge is -2.28. The summed E-state index contributed by atoms with van der Waals surface area (Å²) in [7, 11) is 0. The highest BCUT2D eigenvalue weighted by Gasteiger charge is 2.34. The van der Waals surface area contributed by atoms with Gasteiger partial charge in [0, 0.05) is 21.3 Å². The molecule has 0 unspecified atom stereocenters. The zero-order valence-corrected chi connectivity index (χ0v) is 15.7. The first kappa shape index (κ1) is 16.8. The zero-order valence-electron chi connectivity index (χ0n) is 14.2. The van der Waals surface area contributed by atoms with Crippen LogP contribution < -0.4 is 10.6 Å². The van der Waals surface area contributed by atoms with Gasteiger partial charge in [-0.3, -0.25) is 4.79 Å². The van der Waals surface area contributed by atoms with Gasteiger partial charge in [-0.15, -0.1) is 11.3 Å². The van der Waals surface area contributed by atoms with Crippen molar-refractivity contribution in [2.24, 2.45) is 0 Å². The van der Waals surface area contributed by atoms with E-state index >= 15 is 0 Å². The van der Waals surface area contributed by atoms with Crippen molar-refractivity contribution in [1.29, 1.82) is 0 Å². The molecular formula is C18H16ClN5OS. The summed E-state index contributed by atoms with van der Waals surface area (Å²) in [6.45, 7) is 3.80. The number of thiophene rings is 1. The summed E-state index contributed by atoms with van der Waals surface area (Å²) in [5, 5.41) is 13.0.